The van der Waals surface area contributed by atoms with Crippen LogP contribution in [0.25, 0.3) is 0 Å². The SMILES string of the molecule is CC(N)C(C)C(=O)NC1C2CCOC2C1(C)C.Cl. The summed E-state index contributed by atoms with van der Waals surface area (Å²) in [6, 6.07) is 0.137. The summed E-state index contributed by atoms with van der Waals surface area (Å²) in [5, 5.41) is 3.16. The zero-order valence-corrected chi connectivity index (χ0v) is 12.4. The van der Waals surface area contributed by atoms with Crippen molar-refractivity contribution in [2.75, 3.05) is 6.61 Å². The second-order valence-electron chi connectivity index (χ2n) is 6.20. The summed E-state index contributed by atoms with van der Waals surface area (Å²) in [7, 11) is 0. The highest BCUT2D eigenvalue weighted by Crippen LogP contribution is 2.52. The third-order valence-electron chi connectivity index (χ3n) is 4.60. The van der Waals surface area contributed by atoms with Gasteiger partial charge in [0.1, 0.15) is 0 Å². The van der Waals surface area contributed by atoms with Crippen LogP contribution >= 0.6 is 12.4 Å². The Hall–Kier alpha value is -0.320. The number of nitrogens with one attached hydrogen (secondary N) is 1. The molecule has 1 aliphatic carbocycles. The molecular weight excluding hydrogens is 252 g/mol. The first-order valence-electron chi connectivity index (χ1n) is 6.53. The lowest BCUT2D eigenvalue weighted by Crippen LogP contribution is -2.67. The molecule has 0 spiro atoms. The smallest absolute Gasteiger partial charge is 0.224 e. The minimum absolute atomic E-state index is 0. The van der Waals surface area contributed by atoms with Crippen LogP contribution in [0, 0.1) is 17.3 Å². The molecule has 1 amide bonds. The Morgan fingerprint density at radius 1 is 1.44 bits per heavy atom. The number of hydrogen-bond acceptors (Lipinski definition) is 3. The molecule has 18 heavy (non-hydrogen) atoms. The number of nitrogens with two attached hydrogens (primary N) is 1. The van der Waals surface area contributed by atoms with Crippen molar-refractivity contribution in [1.29, 1.82) is 0 Å². The molecule has 0 aromatic carbocycles. The van der Waals surface area contributed by atoms with Crippen LogP contribution in [0.3, 0.4) is 0 Å². The lowest BCUT2D eigenvalue weighted by molar-refractivity contribution is -0.141. The van der Waals surface area contributed by atoms with Gasteiger partial charge >= 0.3 is 0 Å². The largest absolute Gasteiger partial charge is 0.377 e. The summed E-state index contributed by atoms with van der Waals surface area (Å²) in [6.45, 7) is 8.92. The quantitative estimate of drug-likeness (QED) is 0.817. The van der Waals surface area contributed by atoms with Gasteiger partial charge < -0.3 is 15.8 Å². The van der Waals surface area contributed by atoms with E-state index in [2.05, 4.69) is 19.2 Å². The number of carbonyl (C=O) groups is 1. The van der Waals surface area contributed by atoms with Gasteiger partial charge in [0.2, 0.25) is 5.91 Å². The van der Waals surface area contributed by atoms with E-state index in [1.165, 1.54) is 0 Å². The van der Waals surface area contributed by atoms with Crippen molar-refractivity contribution in [3.63, 3.8) is 0 Å². The molecule has 0 aromatic rings. The molecule has 1 aliphatic heterocycles. The van der Waals surface area contributed by atoms with Crippen LogP contribution in [0.4, 0.5) is 0 Å². The molecule has 5 unspecified atom stereocenters. The maximum absolute atomic E-state index is 12.0. The second-order valence-corrected chi connectivity index (χ2v) is 6.20. The Bertz CT molecular complexity index is 320. The van der Waals surface area contributed by atoms with Gasteiger partial charge in [-0.25, -0.2) is 0 Å². The number of rotatable bonds is 3. The van der Waals surface area contributed by atoms with Crippen LogP contribution in [-0.4, -0.2) is 30.7 Å². The Morgan fingerprint density at radius 2 is 2.06 bits per heavy atom. The van der Waals surface area contributed by atoms with Gasteiger partial charge in [0.25, 0.3) is 0 Å². The third kappa shape index (κ3) is 2.38. The molecule has 2 fully saturated rings. The minimum Gasteiger partial charge on any atom is -0.377 e. The average Bonchev–Trinajstić information content (AvgIpc) is 2.70. The lowest BCUT2D eigenvalue weighted by Gasteiger charge is -2.54. The summed E-state index contributed by atoms with van der Waals surface area (Å²) < 4.78 is 5.71. The van der Waals surface area contributed by atoms with Gasteiger partial charge in [0.15, 0.2) is 0 Å². The fourth-order valence-corrected chi connectivity index (χ4v) is 3.14. The molecule has 0 aromatic heterocycles. The Morgan fingerprint density at radius 3 is 2.61 bits per heavy atom. The van der Waals surface area contributed by atoms with E-state index in [1.54, 1.807) is 0 Å². The number of ether oxygens (including phenoxy) is 1. The summed E-state index contributed by atoms with van der Waals surface area (Å²) in [4.78, 5) is 12.0. The van der Waals surface area contributed by atoms with Crippen LogP contribution < -0.4 is 11.1 Å². The first-order valence-corrected chi connectivity index (χ1v) is 6.53. The highest BCUT2D eigenvalue weighted by molar-refractivity contribution is 5.85. The van der Waals surface area contributed by atoms with Gasteiger partial charge in [-0.1, -0.05) is 20.8 Å². The van der Waals surface area contributed by atoms with Crippen LogP contribution in [0.1, 0.15) is 34.1 Å². The van der Waals surface area contributed by atoms with Gasteiger partial charge in [-0.3, -0.25) is 4.79 Å². The van der Waals surface area contributed by atoms with E-state index in [-0.39, 0.29) is 41.7 Å². The third-order valence-corrected chi connectivity index (χ3v) is 4.60. The zero-order valence-electron chi connectivity index (χ0n) is 11.6. The van der Waals surface area contributed by atoms with E-state index in [9.17, 15) is 4.79 Å². The molecule has 1 saturated heterocycles. The molecule has 0 radical (unpaired) electrons. The number of amides is 1. The van der Waals surface area contributed by atoms with Crippen molar-refractivity contribution in [2.45, 2.75) is 52.3 Å². The fourth-order valence-electron chi connectivity index (χ4n) is 3.14. The molecule has 2 rings (SSSR count). The van der Waals surface area contributed by atoms with E-state index in [1.807, 2.05) is 13.8 Å². The highest BCUT2D eigenvalue weighted by Gasteiger charge is 2.59. The van der Waals surface area contributed by atoms with Crippen molar-refractivity contribution in [3.05, 3.63) is 0 Å². The van der Waals surface area contributed by atoms with Gasteiger partial charge in [-0.15, -0.1) is 12.4 Å². The molecule has 5 heteroatoms. The van der Waals surface area contributed by atoms with Crippen molar-refractivity contribution < 1.29 is 9.53 Å². The molecule has 0 bridgehead atoms. The van der Waals surface area contributed by atoms with E-state index in [4.69, 9.17) is 10.5 Å². The molecular formula is C13H25ClN2O2. The van der Waals surface area contributed by atoms with Crippen LogP contribution in [0.2, 0.25) is 0 Å². The summed E-state index contributed by atoms with van der Waals surface area (Å²) in [6.07, 6.45) is 1.38. The summed E-state index contributed by atoms with van der Waals surface area (Å²) in [5.74, 6) is 0.435. The molecule has 106 valence electrons. The normalized spacial score (nSPS) is 35.7. The first-order chi connectivity index (χ1) is 7.85. The van der Waals surface area contributed by atoms with Gasteiger partial charge in [-0.2, -0.15) is 0 Å². The van der Waals surface area contributed by atoms with E-state index in [0.29, 0.717) is 12.0 Å². The number of hydrogen-bond donors (Lipinski definition) is 2. The van der Waals surface area contributed by atoms with Gasteiger partial charge in [-0.05, 0) is 13.3 Å². The molecule has 2 aliphatic rings. The van der Waals surface area contributed by atoms with Crippen molar-refractivity contribution in [3.8, 4) is 0 Å². The zero-order chi connectivity index (χ0) is 12.8. The van der Waals surface area contributed by atoms with E-state index >= 15 is 0 Å². The Kier molecular flexibility index (Phi) is 4.68. The highest BCUT2D eigenvalue weighted by atomic mass is 35.5. The van der Waals surface area contributed by atoms with Crippen molar-refractivity contribution in [1.82, 2.24) is 5.32 Å². The Labute approximate surface area is 115 Å². The van der Waals surface area contributed by atoms with E-state index < -0.39 is 0 Å². The minimum atomic E-state index is -0.132. The number of halogens is 1. The lowest BCUT2D eigenvalue weighted by atomic mass is 9.57. The summed E-state index contributed by atoms with van der Waals surface area (Å²) in [5.41, 5.74) is 5.81. The topological polar surface area (TPSA) is 64.4 Å². The molecule has 3 N–H and O–H groups in total. The van der Waals surface area contributed by atoms with Crippen LogP contribution in [-0.2, 0) is 9.53 Å². The van der Waals surface area contributed by atoms with Crippen LogP contribution in [0.15, 0.2) is 0 Å². The van der Waals surface area contributed by atoms with E-state index in [0.717, 1.165) is 13.0 Å². The molecule has 1 heterocycles. The molecule has 1 saturated carbocycles. The second kappa shape index (κ2) is 5.35. The fraction of sp³-hybridized carbons (Fsp3) is 0.923. The standard InChI is InChI=1S/C13H24N2O2.ClH/c1-7(8(2)14)12(16)15-10-9-5-6-17-11(9)13(10,3)4;/h7-11H,5-6,14H2,1-4H3,(H,15,16);1H. The van der Waals surface area contributed by atoms with Crippen molar-refractivity contribution >= 4 is 18.3 Å². The molecule has 5 atom stereocenters. The maximum atomic E-state index is 12.0. The molecule has 4 nitrogen and oxygen atoms in total. The van der Waals surface area contributed by atoms with Gasteiger partial charge in [0.05, 0.1) is 6.10 Å². The number of fused-ring (bicyclic) bond motifs is 1. The Balaban J connectivity index is 0.00000162. The first kappa shape index (κ1) is 15.7. The monoisotopic (exact) mass is 276 g/mol. The average molecular weight is 277 g/mol. The number of carbonyl (C=O) groups excluding carboxylic acids is 1. The van der Waals surface area contributed by atoms with Crippen LogP contribution in [0.5, 0.6) is 0 Å². The predicted molar refractivity (Wildman–Crippen MR) is 73.6 cm³/mol. The maximum Gasteiger partial charge on any atom is 0.224 e. The van der Waals surface area contributed by atoms with Crippen molar-refractivity contribution in [2.24, 2.45) is 23.0 Å². The van der Waals surface area contributed by atoms with Gasteiger partial charge in [0, 0.05) is 35.9 Å². The predicted octanol–water partition coefficient (Wildman–Crippen LogP) is 1.32. The summed E-state index contributed by atoms with van der Waals surface area (Å²) >= 11 is 0.